The highest BCUT2D eigenvalue weighted by Gasteiger charge is 2.32. The molecule has 4 aromatic carbocycles. The Morgan fingerprint density at radius 2 is 1.21 bits per heavy atom. The third-order valence-corrected chi connectivity index (χ3v) is 8.28. The second-order valence-corrected chi connectivity index (χ2v) is 12.5. The molecule has 0 aromatic heterocycles. The predicted octanol–water partition coefficient (Wildman–Crippen LogP) is 5.06. The Morgan fingerprint density at radius 1 is 0.714 bits per heavy atom. The maximum absolute atomic E-state index is 14.1. The molecule has 0 radical (unpaired) electrons. The van der Waals surface area contributed by atoms with Crippen molar-refractivity contribution < 1.29 is 18.0 Å². The second kappa shape index (κ2) is 14.8. The van der Waals surface area contributed by atoms with Gasteiger partial charge in [0, 0.05) is 31.1 Å². The first-order valence-corrected chi connectivity index (χ1v) is 15.8. The Kier molecular flexibility index (Phi) is 10.9. The molecule has 1 N–H and O–H groups in total. The zero-order valence-electron chi connectivity index (χ0n) is 23.4. The summed E-state index contributed by atoms with van der Waals surface area (Å²) in [6, 6.07) is 34.2. The van der Waals surface area contributed by atoms with E-state index in [1.54, 1.807) is 12.1 Å². The number of sulfonamides is 1. The monoisotopic (exact) mass is 603 g/mol. The van der Waals surface area contributed by atoms with Crippen molar-refractivity contribution >= 4 is 33.4 Å². The SMILES string of the molecule is CS(=O)(=O)N(CC(=O)N(Cc1ccccc1)[C@H](Cc1ccccc1)C(=O)NCc1ccc(Cl)cc1)Cc1ccccc1. The molecule has 0 fully saturated rings. The fourth-order valence-electron chi connectivity index (χ4n) is 4.56. The minimum absolute atomic E-state index is 0.0384. The first kappa shape index (κ1) is 31.0. The van der Waals surface area contributed by atoms with Gasteiger partial charge in [-0.3, -0.25) is 9.59 Å². The lowest BCUT2D eigenvalue weighted by Gasteiger charge is -2.33. The molecule has 0 aliphatic heterocycles. The third kappa shape index (κ3) is 9.27. The van der Waals surface area contributed by atoms with Gasteiger partial charge in [0.15, 0.2) is 0 Å². The second-order valence-electron chi connectivity index (χ2n) is 10.1. The van der Waals surface area contributed by atoms with E-state index in [9.17, 15) is 18.0 Å². The molecule has 0 saturated heterocycles. The highest BCUT2D eigenvalue weighted by Crippen LogP contribution is 2.18. The van der Waals surface area contributed by atoms with Crippen LogP contribution in [-0.4, -0.2) is 48.3 Å². The molecule has 218 valence electrons. The average molecular weight is 604 g/mol. The van der Waals surface area contributed by atoms with Crippen molar-refractivity contribution in [2.75, 3.05) is 12.8 Å². The minimum Gasteiger partial charge on any atom is -0.350 e. The highest BCUT2D eigenvalue weighted by atomic mass is 35.5. The molecular weight excluding hydrogens is 570 g/mol. The van der Waals surface area contributed by atoms with Crippen molar-refractivity contribution in [3.05, 3.63) is 143 Å². The molecule has 0 spiro atoms. The molecular formula is C33H34ClN3O4S. The maximum Gasteiger partial charge on any atom is 0.243 e. The van der Waals surface area contributed by atoms with Crippen LogP contribution < -0.4 is 5.32 Å². The summed E-state index contributed by atoms with van der Waals surface area (Å²) in [5, 5.41) is 3.57. The van der Waals surface area contributed by atoms with Crippen molar-refractivity contribution in [3.8, 4) is 0 Å². The van der Waals surface area contributed by atoms with Crippen molar-refractivity contribution in [1.82, 2.24) is 14.5 Å². The molecule has 4 rings (SSSR count). The van der Waals surface area contributed by atoms with E-state index >= 15 is 0 Å². The summed E-state index contributed by atoms with van der Waals surface area (Å²) in [7, 11) is -3.74. The van der Waals surface area contributed by atoms with Gasteiger partial charge >= 0.3 is 0 Å². The van der Waals surface area contributed by atoms with E-state index in [0.717, 1.165) is 32.8 Å². The van der Waals surface area contributed by atoms with Crippen LogP contribution in [0.3, 0.4) is 0 Å². The first-order chi connectivity index (χ1) is 20.2. The lowest BCUT2D eigenvalue weighted by molar-refractivity contribution is -0.141. The smallest absolute Gasteiger partial charge is 0.243 e. The summed E-state index contributed by atoms with van der Waals surface area (Å²) in [5.41, 5.74) is 3.31. The number of nitrogens with one attached hydrogen (secondary N) is 1. The van der Waals surface area contributed by atoms with E-state index in [0.29, 0.717) is 5.02 Å². The van der Waals surface area contributed by atoms with Crippen LogP contribution in [-0.2, 0) is 45.7 Å². The molecule has 0 aliphatic rings. The van der Waals surface area contributed by atoms with Crippen LogP contribution in [0.15, 0.2) is 115 Å². The molecule has 9 heteroatoms. The van der Waals surface area contributed by atoms with Crippen LogP contribution in [0.4, 0.5) is 0 Å². The number of carbonyl (C=O) groups is 2. The van der Waals surface area contributed by atoms with Crippen LogP contribution in [0.2, 0.25) is 5.02 Å². The summed E-state index contributed by atoms with van der Waals surface area (Å²) in [5.74, 6) is -0.810. The van der Waals surface area contributed by atoms with Gasteiger partial charge in [0.2, 0.25) is 21.8 Å². The number of carbonyl (C=O) groups excluding carboxylic acids is 2. The van der Waals surface area contributed by atoms with Crippen LogP contribution >= 0.6 is 11.6 Å². The van der Waals surface area contributed by atoms with E-state index in [1.807, 2.05) is 103 Å². The van der Waals surface area contributed by atoms with E-state index < -0.39 is 28.5 Å². The molecule has 2 amide bonds. The van der Waals surface area contributed by atoms with Crippen molar-refractivity contribution in [3.63, 3.8) is 0 Å². The number of amides is 2. The van der Waals surface area contributed by atoms with Crippen molar-refractivity contribution in [2.24, 2.45) is 0 Å². The lowest BCUT2D eigenvalue weighted by Crippen LogP contribution is -2.53. The van der Waals surface area contributed by atoms with Gasteiger partial charge in [-0.15, -0.1) is 0 Å². The number of nitrogens with zero attached hydrogens (tertiary/aromatic N) is 2. The summed E-state index contributed by atoms with van der Waals surface area (Å²) >= 11 is 6.01. The van der Waals surface area contributed by atoms with E-state index in [-0.39, 0.29) is 32.0 Å². The number of rotatable bonds is 13. The molecule has 42 heavy (non-hydrogen) atoms. The van der Waals surface area contributed by atoms with Crippen LogP contribution in [0.25, 0.3) is 0 Å². The van der Waals surface area contributed by atoms with Crippen LogP contribution in [0.1, 0.15) is 22.3 Å². The lowest BCUT2D eigenvalue weighted by atomic mass is 10.0. The van der Waals surface area contributed by atoms with Gasteiger partial charge in [-0.2, -0.15) is 4.31 Å². The topological polar surface area (TPSA) is 86.8 Å². The molecule has 0 saturated carbocycles. The summed E-state index contributed by atoms with van der Waals surface area (Å²) in [4.78, 5) is 29.4. The number of hydrogen-bond donors (Lipinski definition) is 1. The molecule has 0 aliphatic carbocycles. The quantitative estimate of drug-likeness (QED) is 0.231. The largest absolute Gasteiger partial charge is 0.350 e. The van der Waals surface area contributed by atoms with E-state index in [2.05, 4.69) is 5.32 Å². The van der Waals surface area contributed by atoms with Gasteiger partial charge in [0.05, 0.1) is 12.8 Å². The van der Waals surface area contributed by atoms with Gasteiger partial charge in [-0.25, -0.2) is 8.42 Å². The van der Waals surface area contributed by atoms with Gasteiger partial charge in [0.1, 0.15) is 6.04 Å². The predicted molar refractivity (Wildman–Crippen MR) is 166 cm³/mol. The van der Waals surface area contributed by atoms with Crippen LogP contribution in [0, 0.1) is 0 Å². The summed E-state index contributed by atoms with van der Waals surface area (Å²) < 4.78 is 26.7. The number of halogens is 1. The van der Waals surface area contributed by atoms with Crippen molar-refractivity contribution in [1.29, 1.82) is 0 Å². The standard InChI is InChI=1S/C33H34ClN3O4S/c1-42(40,41)36(23-28-13-7-3-8-14-28)25-32(38)37(24-29-15-9-4-10-16-29)31(21-26-11-5-2-6-12-26)33(39)35-22-27-17-19-30(34)20-18-27/h2-20,31H,21-25H2,1H3,(H,35,39)/t31-/m1/s1. The number of benzene rings is 4. The number of hydrogen-bond acceptors (Lipinski definition) is 4. The summed E-state index contributed by atoms with van der Waals surface area (Å²) in [6.45, 7) is 0.0135. The average Bonchev–Trinajstić information content (AvgIpc) is 2.99. The van der Waals surface area contributed by atoms with Crippen molar-refractivity contribution in [2.45, 2.75) is 32.1 Å². The zero-order valence-corrected chi connectivity index (χ0v) is 25.0. The Hall–Kier alpha value is -3.98. The van der Waals surface area contributed by atoms with E-state index in [1.165, 1.54) is 4.90 Å². The minimum atomic E-state index is -3.74. The fraction of sp³-hybridized carbons (Fsp3) is 0.212. The summed E-state index contributed by atoms with van der Waals surface area (Å²) in [6.07, 6.45) is 1.34. The first-order valence-electron chi connectivity index (χ1n) is 13.6. The normalized spacial score (nSPS) is 12.1. The van der Waals surface area contributed by atoms with Gasteiger partial charge in [-0.05, 0) is 34.4 Å². The highest BCUT2D eigenvalue weighted by molar-refractivity contribution is 7.88. The Morgan fingerprint density at radius 3 is 1.74 bits per heavy atom. The maximum atomic E-state index is 14.1. The Bertz CT molecular complexity index is 1550. The fourth-order valence-corrected chi connectivity index (χ4v) is 5.42. The third-order valence-electron chi connectivity index (χ3n) is 6.83. The van der Waals surface area contributed by atoms with Gasteiger partial charge < -0.3 is 10.2 Å². The molecule has 0 unspecified atom stereocenters. The van der Waals surface area contributed by atoms with Gasteiger partial charge in [-0.1, -0.05) is 115 Å². The molecule has 4 aromatic rings. The zero-order chi connectivity index (χ0) is 30.0. The molecule has 1 atom stereocenters. The molecule has 7 nitrogen and oxygen atoms in total. The molecule has 0 bridgehead atoms. The Labute approximate surface area is 252 Å². The van der Waals surface area contributed by atoms with E-state index in [4.69, 9.17) is 11.6 Å². The van der Waals surface area contributed by atoms with Crippen LogP contribution in [0.5, 0.6) is 0 Å². The van der Waals surface area contributed by atoms with Gasteiger partial charge in [0.25, 0.3) is 0 Å². The molecule has 0 heterocycles. The Balaban J connectivity index is 1.66.